The predicted molar refractivity (Wildman–Crippen MR) is 50.4 cm³/mol. The first-order valence-corrected chi connectivity index (χ1v) is 4.13. The van der Waals surface area contributed by atoms with Gasteiger partial charge < -0.3 is 4.79 Å². The van der Waals surface area contributed by atoms with Crippen LogP contribution in [0, 0.1) is 25.2 Å². The number of aldehydes is 1. The quantitative estimate of drug-likeness (QED) is 0.641. The van der Waals surface area contributed by atoms with Crippen molar-refractivity contribution < 1.29 is 4.79 Å². The zero-order valence-corrected chi connectivity index (χ0v) is 7.79. The first-order chi connectivity index (χ1) is 6.20. The molecule has 0 aliphatic rings. The molecule has 0 amide bonds. The van der Waals surface area contributed by atoms with Crippen molar-refractivity contribution in [2.75, 3.05) is 0 Å². The molecular formula is C11H11NO. The minimum Gasteiger partial charge on any atom is -0.303 e. The summed E-state index contributed by atoms with van der Waals surface area (Å²) in [6, 6.07) is 5.72. The lowest BCUT2D eigenvalue weighted by molar-refractivity contribution is -0.107. The Morgan fingerprint density at radius 1 is 1.38 bits per heavy atom. The van der Waals surface area contributed by atoms with Gasteiger partial charge in [0.25, 0.3) is 0 Å². The van der Waals surface area contributed by atoms with E-state index in [1.807, 2.05) is 19.9 Å². The first kappa shape index (κ1) is 9.47. The van der Waals surface area contributed by atoms with Gasteiger partial charge in [-0.2, -0.15) is 5.26 Å². The van der Waals surface area contributed by atoms with Gasteiger partial charge in [0.1, 0.15) is 6.29 Å². The van der Waals surface area contributed by atoms with Crippen LogP contribution in [0.4, 0.5) is 0 Å². The smallest absolute Gasteiger partial charge is 0.124 e. The molecule has 0 unspecified atom stereocenters. The summed E-state index contributed by atoms with van der Waals surface area (Å²) in [4.78, 5) is 10.3. The van der Waals surface area contributed by atoms with E-state index in [1.54, 1.807) is 6.07 Å². The van der Waals surface area contributed by atoms with Gasteiger partial charge in [0, 0.05) is 6.42 Å². The van der Waals surface area contributed by atoms with Gasteiger partial charge in [-0.15, -0.1) is 0 Å². The predicted octanol–water partition coefficient (Wildman–Crippen LogP) is 1.92. The summed E-state index contributed by atoms with van der Waals surface area (Å²) in [6.45, 7) is 3.84. The Bertz CT molecular complexity index is 374. The SMILES string of the molecule is Cc1c(C#N)ccc(CC=O)c1C. The second-order valence-electron chi connectivity index (χ2n) is 3.00. The van der Waals surface area contributed by atoms with Crippen LogP contribution in [0.25, 0.3) is 0 Å². The molecule has 0 atom stereocenters. The molecule has 0 saturated carbocycles. The van der Waals surface area contributed by atoms with Crippen LogP contribution in [-0.4, -0.2) is 6.29 Å². The number of nitrogens with zero attached hydrogens (tertiary/aromatic N) is 1. The van der Waals surface area contributed by atoms with E-state index in [9.17, 15) is 4.79 Å². The molecule has 0 aromatic heterocycles. The van der Waals surface area contributed by atoms with Gasteiger partial charge in [0.05, 0.1) is 11.6 Å². The van der Waals surface area contributed by atoms with E-state index in [2.05, 4.69) is 6.07 Å². The molecule has 66 valence electrons. The average Bonchev–Trinajstić information content (AvgIpc) is 2.14. The Morgan fingerprint density at radius 3 is 2.62 bits per heavy atom. The fourth-order valence-electron chi connectivity index (χ4n) is 1.31. The number of benzene rings is 1. The van der Waals surface area contributed by atoms with E-state index in [0.717, 1.165) is 23.0 Å². The van der Waals surface area contributed by atoms with Crippen LogP contribution < -0.4 is 0 Å². The molecule has 0 spiro atoms. The van der Waals surface area contributed by atoms with Gasteiger partial charge in [0.2, 0.25) is 0 Å². The summed E-state index contributed by atoms with van der Waals surface area (Å²) < 4.78 is 0. The summed E-state index contributed by atoms with van der Waals surface area (Å²) in [6.07, 6.45) is 1.31. The monoisotopic (exact) mass is 173 g/mol. The lowest BCUT2D eigenvalue weighted by Gasteiger charge is -2.06. The molecule has 0 heterocycles. The minimum atomic E-state index is 0.429. The normalized spacial score (nSPS) is 9.31. The van der Waals surface area contributed by atoms with Crippen molar-refractivity contribution in [2.45, 2.75) is 20.3 Å². The highest BCUT2D eigenvalue weighted by Crippen LogP contribution is 2.16. The fourth-order valence-corrected chi connectivity index (χ4v) is 1.31. The maximum atomic E-state index is 10.3. The zero-order valence-electron chi connectivity index (χ0n) is 7.79. The maximum absolute atomic E-state index is 10.3. The Morgan fingerprint density at radius 2 is 2.08 bits per heavy atom. The van der Waals surface area contributed by atoms with Crippen molar-refractivity contribution in [1.29, 1.82) is 5.26 Å². The number of carbonyl (C=O) groups is 1. The summed E-state index contributed by atoms with van der Waals surface area (Å²) in [5.74, 6) is 0. The van der Waals surface area contributed by atoms with Crippen LogP contribution in [0.2, 0.25) is 0 Å². The third-order valence-corrected chi connectivity index (χ3v) is 2.32. The van der Waals surface area contributed by atoms with Gasteiger partial charge >= 0.3 is 0 Å². The molecule has 0 aliphatic heterocycles. The largest absolute Gasteiger partial charge is 0.303 e. The molecule has 0 radical (unpaired) electrons. The molecule has 2 nitrogen and oxygen atoms in total. The molecule has 13 heavy (non-hydrogen) atoms. The number of carbonyl (C=O) groups excluding carboxylic acids is 1. The molecule has 2 heteroatoms. The molecule has 0 fully saturated rings. The van der Waals surface area contributed by atoms with E-state index >= 15 is 0 Å². The van der Waals surface area contributed by atoms with Gasteiger partial charge in [-0.25, -0.2) is 0 Å². The summed E-state index contributed by atoms with van der Waals surface area (Å²) in [5, 5.41) is 8.74. The molecular weight excluding hydrogens is 162 g/mol. The summed E-state index contributed by atoms with van der Waals surface area (Å²) in [7, 11) is 0. The lowest BCUT2D eigenvalue weighted by atomic mass is 9.97. The van der Waals surface area contributed by atoms with Gasteiger partial charge in [-0.1, -0.05) is 6.07 Å². The number of nitriles is 1. The van der Waals surface area contributed by atoms with Crippen LogP contribution >= 0.6 is 0 Å². The standard InChI is InChI=1S/C11H11NO/c1-8-9(2)11(7-12)4-3-10(8)5-6-13/h3-4,6H,5H2,1-2H3. The third kappa shape index (κ3) is 1.75. The van der Waals surface area contributed by atoms with E-state index < -0.39 is 0 Å². The third-order valence-electron chi connectivity index (χ3n) is 2.32. The Balaban J connectivity index is 3.24. The number of hydrogen-bond donors (Lipinski definition) is 0. The topological polar surface area (TPSA) is 40.9 Å². The van der Waals surface area contributed by atoms with Crippen LogP contribution in [-0.2, 0) is 11.2 Å². The van der Waals surface area contributed by atoms with Crippen molar-refractivity contribution in [3.05, 3.63) is 34.4 Å². The van der Waals surface area contributed by atoms with Gasteiger partial charge in [-0.3, -0.25) is 0 Å². The van der Waals surface area contributed by atoms with Crippen molar-refractivity contribution >= 4 is 6.29 Å². The van der Waals surface area contributed by atoms with Crippen molar-refractivity contribution in [2.24, 2.45) is 0 Å². The van der Waals surface area contributed by atoms with Crippen LogP contribution in [0.5, 0.6) is 0 Å². The Labute approximate surface area is 77.8 Å². The van der Waals surface area contributed by atoms with Gasteiger partial charge in [0.15, 0.2) is 0 Å². The Hall–Kier alpha value is -1.62. The highest BCUT2D eigenvalue weighted by molar-refractivity contribution is 5.58. The molecule has 0 aliphatic carbocycles. The molecule has 1 aromatic rings. The van der Waals surface area contributed by atoms with E-state index in [0.29, 0.717) is 12.0 Å². The Kier molecular flexibility index (Phi) is 2.81. The van der Waals surface area contributed by atoms with Crippen molar-refractivity contribution in [3.8, 4) is 6.07 Å². The first-order valence-electron chi connectivity index (χ1n) is 4.13. The van der Waals surface area contributed by atoms with E-state index in [-0.39, 0.29) is 0 Å². The highest BCUT2D eigenvalue weighted by Gasteiger charge is 2.04. The maximum Gasteiger partial charge on any atom is 0.124 e. The van der Waals surface area contributed by atoms with Crippen molar-refractivity contribution in [1.82, 2.24) is 0 Å². The minimum absolute atomic E-state index is 0.429. The molecule has 1 rings (SSSR count). The molecule has 0 bridgehead atoms. The average molecular weight is 173 g/mol. The van der Waals surface area contributed by atoms with E-state index in [1.165, 1.54) is 0 Å². The second kappa shape index (κ2) is 3.86. The lowest BCUT2D eigenvalue weighted by Crippen LogP contribution is -1.95. The number of hydrogen-bond acceptors (Lipinski definition) is 2. The van der Waals surface area contributed by atoms with E-state index in [4.69, 9.17) is 5.26 Å². The van der Waals surface area contributed by atoms with Crippen LogP contribution in [0.3, 0.4) is 0 Å². The number of rotatable bonds is 2. The second-order valence-corrected chi connectivity index (χ2v) is 3.00. The highest BCUT2D eigenvalue weighted by atomic mass is 16.1. The zero-order chi connectivity index (χ0) is 9.84. The molecule has 1 aromatic carbocycles. The summed E-state index contributed by atoms with van der Waals surface area (Å²) >= 11 is 0. The molecule has 0 saturated heterocycles. The van der Waals surface area contributed by atoms with Gasteiger partial charge in [-0.05, 0) is 36.6 Å². The molecule has 0 N–H and O–H groups in total. The van der Waals surface area contributed by atoms with Crippen LogP contribution in [0.1, 0.15) is 22.3 Å². The summed E-state index contributed by atoms with van der Waals surface area (Å²) in [5.41, 5.74) is 3.71. The van der Waals surface area contributed by atoms with Crippen molar-refractivity contribution in [3.63, 3.8) is 0 Å². The van der Waals surface area contributed by atoms with Crippen LogP contribution in [0.15, 0.2) is 12.1 Å². The fraction of sp³-hybridized carbons (Fsp3) is 0.273.